The lowest BCUT2D eigenvalue weighted by Gasteiger charge is -2.41. The molecule has 1 aliphatic rings. The molecule has 84 valence electrons. The van der Waals surface area contributed by atoms with Crippen molar-refractivity contribution in [2.75, 3.05) is 6.61 Å². The highest BCUT2D eigenvalue weighted by molar-refractivity contribution is 5.55. The summed E-state index contributed by atoms with van der Waals surface area (Å²) < 4.78 is 2.24. The van der Waals surface area contributed by atoms with Crippen molar-refractivity contribution in [2.24, 2.45) is 0 Å². The molecule has 2 heterocycles. The fourth-order valence-corrected chi connectivity index (χ4v) is 3.00. The van der Waals surface area contributed by atoms with Gasteiger partial charge in [-0.15, -0.1) is 0 Å². The van der Waals surface area contributed by atoms with Gasteiger partial charge in [0.15, 0.2) is 0 Å². The fourth-order valence-electron chi connectivity index (χ4n) is 3.00. The summed E-state index contributed by atoms with van der Waals surface area (Å²) >= 11 is 0. The van der Waals surface area contributed by atoms with Crippen molar-refractivity contribution in [1.29, 1.82) is 0 Å². The molecule has 0 aliphatic heterocycles. The zero-order chi connectivity index (χ0) is 11.2. The second-order valence-electron chi connectivity index (χ2n) is 4.96. The molecule has 16 heavy (non-hydrogen) atoms. The Hall–Kier alpha value is -1.28. The van der Waals surface area contributed by atoms with Crippen LogP contribution in [0.2, 0.25) is 0 Å². The van der Waals surface area contributed by atoms with Crippen LogP contribution in [0.3, 0.4) is 0 Å². The lowest BCUT2D eigenvalue weighted by Crippen LogP contribution is -2.39. The van der Waals surface area contributed by atoms with E-state index in [0.29, 0.717) is 0 Å². The van der Waals surface area contributed by atoms with Gasteiger partial charge in [-0.05, 0) is 43.5 Å². The van der Waals surface area contributed by atoms with Crippen molar-refractivity contribution in [3.63, 3.8) is 0 Å². The summed E-state index contributed by atoms with van der Waals surface area (Å²) in [6.07, 6.45) is 5.57. The van der Waals surface area contributed by atoms with Crippen molar-refractivity contribution in [3.05, 3.63) is 41.7 Å². The van der Waals surface area contributed by atoms with Crippen LogP contribution < -0.4 is 0 Å². The number of hydrogen-bond acceptors (Lipinski definition) is 1. The third kappa shape index (κ3) is 1.17. The molecule has 2 aromatic rings. The van der Waals surface area contributed by atoms with E-state index in [1.54, 1.807) is 0 Å². The first-order chi connectivity index (χ1) is 7.77. The van der Waals surface area contributed by atoms with Crippen LogP contribution in [0.15, 0.2) is 30.5 Å². The summed E-state index contributed by atoms with van der Waals surface area (Å²) in [6.45, 7) is 2.42. The number of nitrogens with zero attached hydrogens (tertiary/aromatic N) is 1. The molecule has 1 fully saturated rings. The van der Waals surface area contributed by atoms with Gasteiger partial charge in [-0.2, -0.15) is 0 Å². The van der Waals surface area contributed by atoms with Crippen LogP contribution in [0.4, 0.5) is 0 Å². The molecule has 0 atom stereocenters. The van der Waals surface area contributed by atoms with Gasteiger partial charge in [-0.3, -0.25) is 0 Å². The standard InChI is InChI=1S/C14H17NO/c1-11-9-12-5-2-3-8-15(12)13(11)14(10-16)6-4-7-14/h2-3,5,8-9,16H,4,6-7,10H2,1H3. The first-order valence-electron chi connectivity index (χ1n) is 5.95. The third-order valence-corrected chi connectivity index (χ3v) is 3.99. The predicted octanol–water partition coefficient (Wildman–Crippen LogP) is 2.66. The highest BCUT2D eigenvalue weighted by Crippen LogP contribution is 2.45. The first kappa shape index (κ1) is 9.91. The highest BCUT2D eigenvalue weighted by atomic mass is 16.3. The van der Waals surface area contributed by atoms with Gasteiger partial charge in [-0.25, -0.2) is 0 Å². The summed E-state index contributed by atoms with van der Waals surface area (Å²) in [6, 6.07) is 8.45. The van der Waals surface area contributed by atoms with Crippen LogP contribution in [0.1, 0.15) is 30.5 Å². The normalized spacial score (nSPS) is 18.6. The smallest absolute Gasteiger partial charge is 0.0542 e. The average Bonchev–Trinajstić information content (AvgIpc) is 2.56. The maximum Gasteiger partial charge on any atom is 0.0542 e. The minimum Gasteiger partial charge on any atom is -0.395 e. The Bertz CT molecular complexity index is 517. The van der Waals surface area contributed by atoms with E-state index in [4.69, 9.17) is 0 Å². The summed E-state index contributed by atoms with van der Waals surface area (Å²) in [7, 11) is 0. The Labute approximate surface area is 95.5 Å². The van der Waals surface area contributed by atoms with Crippen LogP contribution in [-0.4, -0.2) is 16.1 Å². The van der Waals surface area contributed by atoms with Crippen LogP contribution in [-0.2, 0) is 5.41 Å². The Morgan fingerprint density at radius 3 is 2.81 bits per heavy atom. The minimum atomic E-state index is 0.0256. The Balaban J connectivity index is 2.26. The van der Waals surface area contributed by atoms with Crippen molar-refractivity contribution < 1.29 is 5.11 Å². The monoisotopic (exact) mass is 215 g/mol. The molecule has 1 saturated carbocycles. The van der Waals surface area contributed by atoms with Gasteiger partial charge in [0, 0.05) is 22.8 Å². The van der Waals surface area contributed by atoms with Crippen molar-refractivity contribution in [3.8, 4) is 0 Å². The number of pyridine rings is 1. The molecular formula is C14H17NO. The number of aliphatic hydroxyl groups is 1. The quantitative estimate of drug-likeness (QED) is 0.818. The molecule has 0 aromatic carbocycles. The Morgan fingerprint density at radius 1 is 1.38 bits per heavy atom. The fraction of sp³-hybridized carbons (Fsp3) is 0.429. The average molecular weight is 215 g/mol. The molecule has 0 radical (unpaired) electrons. The number of rotatable bonds is 2. The minimum absolute atomic E-state index is 0.0256. The highest BCUT2D eigenvalue weighted by Gasteiger charge is 2.41. The third-order valence-electron chi connectivity index (χ3n) is 3.99. The molecule has 3 rings (SSSR count). The Kier molecular flexibility index (Phi) is 2.08. The first-order valence-corrected chi connectivity index (χ1v) is 5.95. The van der Waals surface area contributed by atoms with Crippen LogP contribution >= 0.6 is 0 Å². The topological polar surface area (TPSA) is 24.6 Å². The maximum absolute atomic E-state index is 9.68. The van der Waals surface area contributed by atoms with E-state index < -0.39 is 0 Å². The van der Waals surface area contributed by atoms with Gasteiger partial charge < -0.3 is 9.51 Å². The lowest BCUT2D eigenvalue weighted by molar-refractivity contribution is 0.115. The molecule has 1 aliphatic carbocycles. The number of hydrogen-bond donors (Lipinski definition) is 1. The summed E-state index contributed by atoms with van der Waals surface area (Å²) in [4.78, 5) is 0. The molecule has 1 N–H and O–H groups in total. The van der Waals surface area contributed by atoms with Crippen molar-refractivity contribution in [2.45, 2.75) is 31.6 Å². The van der Waals surface area contributed by atoms with E-state index in [-0.39, 0.29) is 12.0 Å². The molecule has 2 nitrogen and oxygen atoms in total. The molecule has 2 aromatic heterocycles. The Morgan fingerprint density at radius 2 is 2.19 bits per heavy atom. The van der Waals surface area contributed by atoms with Crippen LogP contribution in [0.5, 0.6) is 0 Å². The molecule has 0 unspecified atom stereocenters. The molecule has 0 amide bonds. The van der Waals surface area contributed by atoms with E-state index in [9.17, 15) is 5.11 Å². The van der Waals surface area contributed by atoms with E-state index in [2.05, 4.69) is 41.8 Å². The predicted molar refractivity (Wildman–Crippen MR) is 64.7 cm³/mol. The largest absolute Gasteiger partial charge is 0.395 e. The molecular weight excluding hydrogens is 198 g/mol. The number of aliphatic hydroxyl groups excluding tert-OH is 1. The summed E-state index contributed by atoms with van der Waals surface area (Å²) in [5, 5.41) is 9.68. The second kappa shape index (κ2) is 3.36. The van der Waals surface area contributed by atoms with E-state index in [1.807, 2.05) is 0 Å². The van der Waals surface area contributed by atoms with Crippen LogP contribution in [0, 0.1) is 6.92 Å². The van der Waals surface area contributed by atoms with Gasteiger partial charge in [0.1, 0.15) is 0 Å². The van der Waals surface area contributed by atoms with Gasteiger partial charge >= 0.3 is 0 Å². The zero-order valence-corrected chi connectivity index (χ0v) is 9.61. The van der Waals surface area contributed by atoms with Gasteiger partial charge in [0.2, 0.25) is 0 Å². The molecule has 0 bridgehead atoms. The molecule has 0 spiro atoms. The second-order valence-corrected chi connectivity index (χ2v) is 4.96. The number of aryl methyl sites for hydroxylation is 1. The number of aromatic nitrogens is 1. The molecule has 2 heteroatoms. The summed E-state index contributed by atoms with van der Waals surface area (Å²) in [5.74, 6) is 0. The van der Waals surface area contributed by atoms with Crippen molar-refractivity contribution in [1.82, 2.24) is 4.40 Å². The van der Waals surface area contributed by atoms with Crippen LogP contribution in [0.25, 0.3) is 5.52 Å². The summed E-state index contributed by atoms with van der Waals surface area (Å²) in [5.41, 5.74) is 3.88. The number of fused-ring (bicyclic) bond motifs is 1. The SMILES string of the molecule is Cc1cc2ccccn2c1C1(CO)CCC1. The molecule has 0 saturated heterocycles. The van der Waals surface area contributed by atoms with Gasteiger partial charge in [-0.1, -0.05) is 12.5 Å². The lowest BCUT2D eigenvalue weighted by atomic mass is 9.66. The van der Waals surface area contributed by atoms with E-state index >= 15 is 0 Å². The van der Waals surface area contributed by atoms with Gasteiger partial charge in [0.25, 0.3) is 0 Å². The van der Waals surface area contributed by atoms with E-state index in [0.717, 1.165) is 12.8 Å². The van der Waals surface area contributed by atoms with Crippen molar-refractivity contribution >= 4 is 5.52 Å². The maximum atomic E-state index is 9.68. The van der Waals surface area contributed by atoms with Gasteiger partial charge in [0.05, 0.1) is 6.61 Å². The van der Waals surface area contributed by atoms with E-state index in [1.165, 1.54) is 23.2 Å². The zero-order valence-electron chi connectivity index (χ0n) is 9.61.